The van der Waals surface area contributed by atoms with E-state index in [2.05, 4.69) is 25.9 Å². The van der Waals surface area contributed by atoms with E-state index in [9.17, 15) is 4.79 Å². The van der Waals surface area contributed by atoms with Crippen molar-refractivity contribution in [1.82, 2.24) is 20.9 Å². The maximum atomic E-state index is 11.5. The molecule has 1 amide bonds. The average Bonchev–Trinajstić information content (AvgIpc) is 2.51. The lowest BCUT2D eigenvalue weighted by molar-refractivity contribution is 0.0527. The number of aromatic nitrogens is 1. The first-order valence-corrected chi connectivity index (χ1v) is 8.29. The monoisotopic (exact) mass is 335 g/mol. The van der Waals surface area contributed by atoms with Crippen molar-refractivity contribution >= 4 is 12.1 Å². The van der Waals surface area contributed by atoms with Crippen LogP contribution >= 0.6 is 0 Å². The van der Waals surface area contributed by atoms with Crippen LogP contribution < -0.4 is 16.0 Å². The van der Waals surface area contributed by atoms with Crippen molar-refractivity contribution in [3.8, 4) is 0 Å². The van der Waals surface area contributed by atoms with Crippen molar-refractivity contribution in [3.63, 3.8) is 0 Å². The molecule has 1 aromatic rings. The number of rotatable bonds is 7. The molecule has 7 nitrogen and oxygen atoms in total. The predicted octanol–water partition coefficient (Wildman–Crippen LogP) is 2.05. The Morgan fingerprint density at radius 1 is 1.21 bits per heavy atom. The van der Waals surface area contributed by atoms with Gasteiger partial charge in [0.25, 0.3) is 0 Å². The molecule has 1 aromatic heterocycles. The van der Waals surface area contributed by atoms with Gasteiger partial charge in [-0.25, -0.2) is 9.79 Å². The molecular weight excluding hydrogens is 306 g/mol. The van der Waals surface area contributed by atoms with Gasteiger partial charge >= 0.3 is 6.09 Å². The number of alkyl carbamates (subject to hydrolysis) is 1. The molecule has 0 saturated carbocycles. The molecule has 0 atom stereocenters. The number of pyridine rings is 1. The fraction of sp³-hybridized carbons (Fsp3) is 0.588. The third-order valence-corrected chi connectivity index (χ3v) is 2.78. The van der Waals surface area contributed by atoms with E-state index in [4.69, 9.17) is 4.74 Å². The zero-order valence-electron chi connectivity index (χ0n) is 15.1. The molecule has 134 valence electrons. The number of nitrogens with zero attached hydrogens (tertiary/aromatic N) is 2. The SMILES string of the molecule is CCNC(=NCc1ccccn1)NCCCNC(=O)OC(C)(C)C. The second kappa shape index (κ2) is 10.5. The molecule has 0 bridgehead atoms. The van der Waals surface area contributed by atoms with Crippen LogP contribution in [-0.2, 0) is 11.3 Å². The van der Waals surface area contributed by atoms with Gasteiger partial charge in [0.2, 0.25) is 0 Å². The van der Waals surface area contributed by atoms with Gasteiger partial charge < -0.3 is 20.7 Å². The van der Waals surface area contributed by atoms with Crippen molar-refractivity contribution < 1.29 is 9.53 Å². The molecule has 0 radical (unpaired) electrons. The lowest BCUT2D eigenvalue weighted by Crippen LogP contribution is -2.39. The fourth-order valence-corrected chi connectivity index (χ4v) is 1.79. The smallest absolute Gasteiger partial charge is 0.407 e. The van der Waals surface area contributed by atoms with E-state index in [0.717, 1.165) is 24.6 Å². The highest BCUT2D eigenvalue weighted by Crippen LogP contribution is 2.06. The zero-order valence-corrected chi connectivity index (χ0v) is 15.1. The number of guanidine groups is 1. The van der Waals surface area contributed by atoms with Crippen LogP contribution in [0.5, 0.6) is 0 Å². The van der Waals surface area contributed by atoms with Gasteiger partial charge in [-0.2, -0.15) is 0 Å². The van der Waals surface area contributed by atoms with Crippen LogP contribution in [0, 0.1) is 0 Å². The molecule has 1 heterocycles. The van der Waals surface area contributed by atoms with E-state index < -0.39 is 11.7 Å². The summed E-state index contributed by atoms with van der Waals surface area (Å²) in [7, 11) is 0. The van der Waals surface area contributed by atoms with Crippen molar-refractivity contribution in [1.29, 1.82) is 0 Å². The Bertz CT molecular complexity index is 511. The van der Waals surface area contributed by atoms with Crippen molar-refractivity contribution in [3.05, 3.63) is 30.1 Å². The van der Waals surface area contributed by atoms with E-state index in [1.54, 1.807) is 6.20 Å². The van der Waals surface area contributed by atoms with Crippen LogP contribution in [0.2, 0.25) is 0 Å². The maximum Gasteiger partial charge on any atom is 0.407 e. The Morgan fingerprint density at radius 3 is 2.58 bits per heavy atom. The lowest BCUT2D eigenvalue weighted by Gasteiger charge is -2.19. The Morgan fingerprint density at radius 2 is 1.96 bits per heavy atom. The molecule has 24 heavy (non-hydrogen) atoms. The highest BCUT2D eigenvalue weighted by atomic mass is 16.6. The number of carbonyl (C=O) groups is 1. The molecule has 3 N–H and O–H groups in total. The maximum absolute atomic E-state index is 11.5. The molecule has 0 aliphatic carbocycles. The van der Waals surface area contributed by atoms with Crippen LogP contribution in [0.25, 0.3) is 0 Å². The summed E-state index contributed by atoms with van der Waals surface area (Å²) in [5, 5.41) is 9.15. The molecule has 0 spiro atoms. The third-order valence-electron chi connectivity index (χ3n) is 2.78. The first-order valence-electron chi connectivity index (χ1n) is 8.29. The molecule has 0 fully saturated rings. The lowest BCUT2D eigenvalue weighted by atomic mass is 10.2. The summed E-state index contributed by atoms with van der Waals surface area (Å²) >= 11 is 0. The van der Waals surface area contributed by atoms with E-state index in [1.165, 1.54) is 0 Å². The standard InChI is InChI=1S/C17H29N5O2/c1-5-18-15(22-13-14-9-6-7-10-19-14)20-11-8-12-21-16(23)24-17(2,3)4/h6-7,9-10H,5,8,11-13H2,1-4H3,(H,21,23)(H2,18,20,22). The molecule has 0 aliphatic heterocycles. The summed E-state index contributed by atoms with van der Waals surface area (Å²) < 4.78 is 5.18. The molecule has 1 rings (SSSR count). The Hall–Kier alpha value is -2.31. The van der Waals surface area contributed by atoms with Crippen molar-refractivity contribution in [2.24, 2.45) is 4.99 Å². The second-order valence-corrected chi connectivity index (χ2v) is 6.23. The van der Waals surface area contributed by atoms with Gasteiger partial charge in [-0.05, 0) is 46.2 Å². The second-order valence-electron chi connectivity index (χ2n) is 6.23. The van der Waals surface area contributed by atoms with Crippen LogP contribution in [-0.4, -0.2) is 42.3 Å². The Labute approximate surface area is 144 Å². The zero-order chi connectivity index (χ0) is 17.8. The summed E-state index contributed by atoms with van der Waals surface area (Å²) in [6.45, 7) is 10.1. The summed E-state index contributed by atoms with van der Waals surface area (Å²) in [6, 6.07) is 5.77. The van der Waals surface area contributed by atoms with Gasteiger partial charge in [0.05, 0.1) is 12.2 Å². The van der Waals surface area contributed by atoms with Gasteiger partial charge in [-0.15, -0.1) is 0 Å². The highest BCUT2D eigenvalue weighted by molar-refractivity contribution is 5.79. The quantitative estimate of drug-likeness (QED) is 0.403. The van der Waals surface area contributed by atoms with Crippen LogP contribution in [0.1, 0.15) is 39.8 Å². The molecule has 0 saturated heterocycles. The summed E-state index contributed by atoms with van der Waals surface area (Å²) in [4.78, 5) is 20.3. The number of hydrogen-bond acceptors (Lipinski definition) is 4. The molecule has 0 unspecified atom stereocenters. The van der Waals surface area contributed by atoms with E-state index in [1.807, 2.05) is 45.9 Å². The van der Waals surface area contributed by atoms with Gasteiger partial charge in [0.15, 0.2) is 5.96 Å². The van der Waals surface area contributed by atoms with E-state index in [0.29, 0.717) is 19.6 Å². The summed E-state index contributed by atoms with van der Waals surface area (Å²) in [5.41, 5.74) is 0.444. The number of ether oxygens (including phenoxy) is 1. The van der Waals surface area contributed by atoms with E-state index in [-0.39, 0.29) is 0 Å². The highest BCUT2D eigenvalue weighted by Gasteiger charge is 2.15. The number of aliphatic imine (C=N–C) groups is 1. The molecule has 7 heteroatoms. The minimum atomic E-state index is -0.474. The molecule has 0 aromatic carbocycles. The third kappa shape index (κ3) is 9.66. The van der Waals surface area contributed by atoms with Gasteiger partial charge in [0.1, 0.15) is 5.60 Å². The number of carbonyl (C=O) groups excluding carboxylic acids is 1. The average molecular weight is 335 g/mol. The van der Waals surface area contributed by atoms with E-state index >= 15 is 0 Å². The van der Waals surface area contributed by atoms with Crippen LogP contribution in [0.3, 0.4) is 0 Å². The van der Waals surface area contributed by atoms with Gasteiger partial charge in [0, 0.05) is 25.8 Å². The normalized spacial score (nSPS) is 11.8. The van der Waals surface area contributed by atoms with Crippen LogP contribution in [0.4, 0.5) is 4.79 Å². The first-order chi connectivity index (χ1) is 11.4. The van der Waals surface area contributed by atoms with Gasteiger partial charge in [-0.3, -0.25) is 4.98 Å². The molecule has 0 aliphatic rings. The van der Waals surface area contributed by atoms with Crippen molar-refractivity contribution in [2.45, 2.75) is 46.3 Å². The fourth-order valence-electron chi connectivity index (χ4n) is 1.79. The topological polar surface area (TPSA) is 87.6 Å². The Kier molecular flexibility index (Phi) is 8.60. The predicted molar refractivity (Wildman–Crippen MR) is 95.9 cm³/mol. The largest absolute Gasteiger partial charge is 0.444 e. The summed E-state index contributed by atoms with van der Waals surface area (Å²) in [6.07, 6.45) is 2.14. The number of amides is 1. The minimum Gasteiger partial charge on any atom is -0.444 e. The molecular formula is C17H29N5O2. The minimum absolute atomic E-state index is 0.391. The number of hydrogen-bond donors (Lipinski definition) is 3. The number of nitrogens with one attached hydrogen (secondary N) is 3. The first kappa shape index (κ1) is 19.7. The summed E-state index contributed by atoms with van der Waals surface area (Å²) in [5.74, 6) is 0.737. The van der Waals surface area contributed by atoms with Gasteiger partial charge in [-0.1, -0.05) is 6.07 Å². The Balaban J connectivity index is 2.27. The van der Waals surface area contributed by atoms with Crippen molar-refractivity contribution in [2.75, 3.05) is 19.6 Å². The van der Waals surface area contributed by atoms with Crippen LogP contribution in [0.15, 0.2) is 29.4 Å².